The van der Waals surface area contributed by atoms with Crippen molar-refractivity contribution in [1.82, 2.24) is 15.1 Å². The van der Waals surface area contributed by atoms with Gasteiger partial charge in [-0.2, -0.15) is 10.2 Å². The molecule has 0 saturated carbocycles. The fourth-order valence-electron chi connectivity index (χ4n) is 2.56. The van der Waals surface area contributed by atoms with E-state index in [-0.39, 0.29) is 6.10 Å². The highest BCUT2D eigenvalue weighted by atomic mass is 16.5. The van der Waals surface area contributed by atoms with Crippen molar-refractivity contribution in [2.24, 2.45) is 0 Å². The molecule has 2 heterocycles. The summed E-state index contributed by atoms with van der Waals surface area (Å²) >= 11 is 0. The average Bonchev–Trinajstić information content (AvgIpc) is 2.53. The van der Waals surface area contributed by atoms with Crippen LogP contribution in [0.15, 0.2) is 30.5 Å². The molecule has 0 amide bonds. The summed E-state index contributed by atoms with van der Waals surface area (Å²) in [4.78, 5) is 2.42. The fourth-order valence-corrected chi connectivity index (χ4v) is 2.56. The van der Waals surface area contributed by atoms with Gasteiger partial charge in [-0.3, -0.25) is 4.90 Å². The summed E-state index contributed by atoms with van der Waals surface area (Å²) in [7, 11) is 0. The maximum Gasteiger partial charge on any atom is 0.0950 e. The van der Waals surface area contributed by atoms with Crippen molar-refractivity contribution in [3.63, 3.8) is 0 Å². The number of fused-ring (bicyclic) bond motifs is 1. The summed E-state index contributed by atoms with van der Waals surface area (Å²) in [6.07, 6.45) is 2.01. The van der Waals surface area contributed by atoms with Gasteiger partial charge in [0.05, 0.1) is 30.1 Å². The minimum absolute atomic E-state index is 0.232. The van der Waals surface area contributed by atoms with E-state index in [4.69, 9.17) is 4.74 Å². The van der Waals surface area contributed by atoms with E-state index in [1.807, 2.05) is 18.2 Å². The lowest BCUT2D eigenvalue weighted by molar-refractivity contribution is -0.0191. The molecule has 5 nitrogen and oxygen atoms in total. The molecule has 1 N–H and O–H groups in total. The quantitative estimate of drug-likeness (QED) is 0.919. The first-order valence-electron chi connectivity index (χ1n) is 7.15. The van der Waals surface area contributed by atoms with Crippen LogP contribution in [-0.2, 0) is 4.74 Å². The van der Waals surface area contributed by atoms with Gasteiger partial charge in [-0.05, 0) is 12.6 Å². The molecule has 1 atom stereocenters. The molecule has 1 saturated heterocycles. The van der Waals surface area contributed by atoms with Crippen LogP contribution in [0.5, 0.6) is 0 Å². The highest BCUT2D eigenvalue weighted by Crippen LogP contribution is 2.20. The first-order chi connectivity index (χ1) is 9.86. The molecule has 1 aliphatic rings. The lowest BCUT2D eigenvalue weighted by Crippen LogP contribution is -2.45. The number of rotatable bonds is 4. The Balaban J connectivity index is 1.68. The van der Waals surface area contributed by atoms with Gasteiger partial charge in [0.25, 0.3) is 0 Å². The predicted molar refractivity (Wildman–Crippen MR) is 79.9 cm³/mol. The smallest absolute Gasteiger partial charge is 0.0950 e. The van der Waals surface area contributed by atoms with E-state index in [1.165, 1.54) is 0 Å². The van der Waals surface area contributed by atoms with E-state index >= 15 is 0 Å². The molecular weight excluding hydrogens is 252 g/mol. The molecule has 1 aromatic carbocycles. The Labute approximate surface area is 118 Å². The van der Waals surface area contributed by atoms with Gasteiger partial charge in [0.1, 0.15) is 0 Å². The standard InChI is InChI=1S/C15H20N4O/c1-2-19-7-8-20-12(11-19)9-16-15-10-17-18-14-6-4-3-5-13(14)15/h3-6,10,12H,2,7-9,11H2,1H3,(H,16,18). The van der Waals surface area contributed by atoms with Crippen LogP contribution < -0.4 is 5.32 Å². The van der Waals surface area contributed by atoms with Gasteiger partial charge in [-0.1, -0.05) is 25.1 Å². The van der Waals surface area contributed by atoms with Gasteiger partial charge in [0.15, 0.2) is 0 Å². The molecular formula is C15H20N4O. The highest BCUT2D eigenvalue weighted by molar-refractivity contribution is 5.90. The van der Waals surface area contributed by atoms with Gasteiger partial charge in [-0.15, -0.1) is 0 Å². The number of anilines is 1. The fraction of sp³-hybridized carbons (Fsp3) is 0.467. The summed E-state index contributed by atoms with van der Waals surface area (Å²) < 4.78 is 5.80. The van der Waals surface area contributed by atoms with Crippen LogP contribution >= 0.6 is 0 Å². The van der Waals surface area contributed by atoms with Crippen molar-refractivity contribution < 1.29 is 4.74 Å². The normalized spacial score (nSPS) is 20.1. The van der Waals surface area contributed by atoms with Crippen LogP contribution in [0, 0.1) is 0 Å². The number of hydrogen-bond donors (Lipinski definition) is 1. The molecule has 0 bridgehead atoms. The molecule has 20 heavy (non-hydrogen) atoms. The average molecular weight is 272 g/mol. The number of hydrogen-bond acceptors (Lipinski definition) is 5. The first-order valence-corrected chi connectivity index (χ1v) is 7.15. The highest BCUT2D eigenvalue weighted by Gasteiger charge is 2.19. The minimum Gasteiger partial charge on any atom is -0.381 e. The van der Waals surface area contributed by atoms with Crippen molar-refractivity contribution in [1.29, 1.82) is 0 Å². The Morgan fingerprint density at radius 2 is 2.30 bits per heavy atom. The Bertz CT molecular complexity index is 569. The van der Waals surface area contributed by atoms with Crippen LogP contribution in [-0.4, -0.2) is 54.0 Å². The third-order valence-corrected chi connectivity index (χ3v) is 3.74. The van der Waals surface area contributed by atoms with Crippen molar-refractivity contribution >= 4 is 16.6 Å². The topological polar surface area (TPSA) is 50.3 Å². The second-order valence-electron chi connectivity index (χ2n) is 5.04. The summed E-state index contributed by atoms with van der Waals surface area (Å²) in [5.41, 5.74) is 1.94. The van der Waals surface area contributed by atoms with E-state index in [9.17, 15) is 0 Å². The number of likely N-dealkylation sites (N-methyl/N-ethyl adjacent to an activating group) is 1. The molecule has 3 rings (SSSR count). The zero-order valence-electron chi connectivity index (χ0n) is 11.7. The molecule has 106 valence electrons. The molecule has 1 aliphatic heterocycles. The monoisotopic (exact) mass is 272 g/mol. The summed E-state index contributed by atoms with van der Waals surface area (Å²) in [5, 5.41) is 12.7. The van der Waals surface area contributed by atoms with Crippen molar-refractivity contribution in [3.8, 4) is 0 Å². The predicted octanol–water partition coefficient (Wildman–Crippen LogP) is 1.76. The van der Waals surface area contributed by atoms with Gasteiger partial charge in [0.2, 0.25) is 0 Å². The van der Waals surface area contributed by atoms with Gasteiger partial charge in [-0.25, -0.2) is 0 Å². The third-order valence-electron chi connectivity index (χ3n) is 3.74. The minimum atomic E-state index is 0.232. The molecule has 1 fully saturated rings. The van der Waals surface area contributed by atoms with Crippen LogP contribution in [0.1, 0.15) is 6.92 Å². The van der Waals surface area contributed by atoms with Crippen molar-refractivity contribution in [2.75, 3.05) is 38.1 Å². The summed E-state index contributed by atoms with van der Waals surface area (Å²) in [6, 6.07) is 8.03. The van der Waals surface area contributed by atoms with E-state index in [1.54, 1.807) is 6.20 Å². The SMILES string of the molecule is CCN1CCOC(CNc2cnnc3ccccc23)C1. The van der Waals surface area contributed by atoms with Crippen LogP contribution in [0.3, 0.4) is 0 Å². The lowest BCUT2D eigenvalue weighted by Gasteiger charge is -2.32. The van der Waals surface area contributed by atoms with Gasteiger partial charge < -0.3 is 10.1 Å². The summed E-state index contributed by atoms with van der Waals surface area (Å²) in [5.74, 6) is 0. The van der Waals surface area contributed by atoms with Gasteiger partial charge >= 0.3 is 0 Å². The molecule has 0 spiro atoms. The van der Waals surface area contributed by atoms with Crippen molar-refractivity contribution in [3.05, 3.63) is 30.5 Å². The Morgan fingerprint density at radius 1 is 1.40 bits per heavy atom. The van der Waals surface area contributed by atoms with Crippen LogP contribution in [0.2, 0.25) is 0 Å². The largest absolute Gasteiger partial charge is 0.381 e. The Morgan fingerprint density at radius 3 is 3.20 bits per heavy atom. The lowest BCUT2D eigenvalue weighted by atomic mass is 10.2. The number of aromatic nitrogens is 2. The second-order valence-corrected chi connectivity index (χ2v) is 5.04. The maximum atomic E-state index is 5.80. The molecule has 0 radical (unpaired) electrons. The zero-order chi connectivity index (χ0) is 13.8. The van der Waals surface area contributed by atoms with E-state index in [0.29, 0.717) is 0 Å². The molecule has 1 aromatic heterocycles. The number of nitrogens with zero attached hydrogens (tertiary/aromatic N) is 3. The van der Waals surface area contributed by atoms with Crippen LogP contribution in [0.4, 0.5) is 5.69 Å². The van der Waals surface area contributed by atoms with E-state index in [0.717, 1.165) is 49.4 Å². The Hall–Kier alpha value is -1.72. The second kappa shape index (κ2) is 6.15. The molecule has 2 aromatic rings. The molecule has 0 aliphatic carbocycles. The van der Waals surface area contributed by atoms with E-state index in [2.05, 4.69) is 33.4 Å². The number of nitrogens with one attached hydrogen (secondary N) is 1. The van der Waals surface area contributed by atoms with E-state index < -0.39 is 0 Å². The first kappa shape index (κ1) is 13.3. The van der Waals surface area contributed by atoms with Gasteiger partial charge in [0, 0.05) is 25.0 Å². The number of ether oxygens (including phenoxy) is 1. The molecule has 1 unspecified atom stereocenters. The summed E-state index contributed by atoms with van der Waals surface area (Å²) in [6.45, 7) is 6.91. The Kier molecular flexibility index (Phi) is 4.08. The van der Waals surface area contributed by atoms with Crippen LogP contribution in [0.25, 0.3) is 10.9 Å². The number of morpholine rings is 1. The number of benzene rings is 1. The van der Waals surface area contributed by atoms with Crippen molar-refractivity contribution in [2.45, 2.75) is 13.0 Å². The zero-order valence-corrected chi connectivity index (χ0v) is 11.7. The third kappa shape index (κ3) is 2.89. The molecule has 5 heteroatoms. The maximum absolute atomic E-state index is 5.80.